The van der Waals surface area contributed by atoms with Crippen molar-refractivity contribution < 1.29 is 10.2 Å². The van der Waals surface area contributed by atoms with E-state index in [4.69, 9.17) is 0 Å². The Bertz CT molecular complexity index is 564. The molecule has 5 heteroatoms. The monoisotopic (exact) mass is 287 g/mol. The molecule has 2 aromatic rings. The average Bonchev–Trinajstić information content (AvgIpc) is 3.04. The number of nitrogens with zero attached hydrogens (tertiary/aromatic N) is 3. The smallest absolute Gasteiger partial charge is 0.124 e. The number of aliphatic hydroxyl groups is 2. The molecule has 1 heterocycles. The predicted octanol–water partition coefficient (Wildman–Crippen LogP) is 2.24. The van der Waals surface area contributed by atoms with Gasteiger partial charge in [-0.2, -0.15) is 0 Å². The Hall–Kier alpha value is -1.72. The van der Waals surface area contributed by atoms with Crippen molar-refractivity contribution in [2.24, 2.45) is 5.92 Å². The largest absolute Gasteiger partial charge is 0.390 e. The summed E-state index contributed by atoms with van der Waals surface area (Å²) in [6.07, 6.45) is 5.26. The first-order chi connectivity index (χ1) is 10.3. The molecule has 2 atom stereocenters. The van der Waals surface area contributed by atoms with Gasteiger partial charge in [-0.05, 0) is 30.9 Å². The Kier molecular flexibility index (Phi) is 4.31. The fraction of sp³-hybridized carbons (Fsp3) is 0.500. The summed E-state index contributed by atoms with van der Waals surface area (Å²) < 4.78 is 1.59. The minimum absolute atomic E-state index is 0.160. The maximum Gasteiger partial charge on any atom is 0.124 e. The summed E-state index contributed by atoms with van der Waals surface area (Å²) in [4.78, 5) is 0. The first kappa shape index (κ1) is 14.2. The number of benzene rings is 1. The minimum Gasteiger partial charge on any atom is -0.390 e. The van der Waals surface area contributed by atoms with Crippen LogP contribution in [-0.4, -0.2) is 31.3 Å². The van der Waals surface area contributed by atoms with E-state index in [0.717, 1.165) is 31.4 Å². The van der Waals surface area contributed by atoms with Crippen LogP contribution in [0, 0.1) is 5.92 Å². The molecule has 2 N–H and O–H groups in total. The lowest BCUT2D eigenvalue weighted by Crippen LogP contribution is -2.30. The summed E-state index contributed by atoms with van der Waals surface area (Å²) in [5, 5.41) is 28.9. The zero-order valence-electron chi connectivity index (χ0n) is 12.0. The summed E-state index contributed by atoms with van der Waals surface area (Å²) in [5.41, 5.74) is 1.37. The molecule has 0 aliphatic heterocycles. The molecule has 0 bridgehead atoms. The van der Waals surface area contributed by atoms with Crippen molar-refractivity contribution >= 4 is 0 Å². The van der Waals surface area contributed by atoms with Crippen LogP contribution < -0.4 is 0 Å². The van der Waals surface area contributed by atoms with Gasteiger partial charge in [0.25, 0.3) is 0 Å². The van der Waals surface area contributed by atoms with E-state index >= 15 is 0 Å². The van der Waals surface area contributed by atoms with Crippen LogP contribution in [0.25, 0.3) is 5.69 Å². The van der Waals surface area contributed by atoms with Crippen LogP contribution >= 0.6 is 0 Å². The van der Waals surface area contributed by atoms with E-state index in [2.05, 4.69) is 10.3 Å². The van der Waals surface area contributed by atoms with Crippen LogP contribution in [0.4, 0.5) is 0 Å². The van der Waals surface area contributed by atoms with Gasteiger partial charge < -0.3 is 10.2 Å². The second-order valence-corrected chi connectivity index (χ2v) is 5.74. The van der Waals surface area contributed by atoms with Gasteiger partial charge in [-0.3, -0.25) is 0 Å². The van der Waals surface area contributed by atoms with Crippen LogP contribution in [0.2, 0.25) is 0 Å². The first-order valence-electron chi connectivity index (χ1n) is 7.59. The normalized spacial score (nSPS) is 19.3. The second kappa shape index (κ2) is 6.37. The third-order valence-electron chi connectivity index (χ3n) is 4.34. The topological polar surface area (TPSA) is 71.2 Å². The molecule has 0 saturated heterocycles. The first-order valence-corrected chi connectivity index (χ1v) is 7.59. The number of hydrogen-bond acceptors (Lipinski definition) is 4. The van der Waals surface area contributed by atoms with Gasteiger partial charge in [0.05, 0.1) is 23.7 Å². The van der Waals surface area contributed by atoms with Crippen molar-refractivity contribution in [3.05, 3.63) is 42.2 Å². The van der Waals surface area contributed by atoms with E-state index in [1.54, 1.807) is 4.68 Å². The Balaban J connectivity index is 1.82. The van der Waals surface area contributed by atoms with Crippen molar-refractivity contribution in [3.63, 3.8) is 0 Å². The van der Waals surface area contributed by atoms with Gasteiger partial charge in [-0.25, -0.2) is 4.68 Å². The molecule has 112 valence electrons. The number of rotatable bonds is 4. The summed E-state index contributed by atoms with van der Waals surface area (Å²) in [7, 11) is 0. The third-order valence-corrected chi connectivity index (χ3v) is 4.34. The molecule has 3 rings (SSSR count). The number of aliphatic hydroxyl groups excluding tert-OH is 2. The number of aromatic nitrogens is 3. The fourth-order valence-electron chi connectivity index (χ4n) is 3.12. The Labute approximate surface area is 124 Å². The Morgan fingerprint density at radius 1 is 1.05 bits per heavy atom. The highest BCUT2D eigenvalue weighted by Crippen LogP contribution is 2.32. The van der Waals surface area contributed by atoms with Crippen LogP contribution in [0.1, 0.15) is 43.9 Å². The minimum atomic E-state index is -0.955. The Morgan fingerprint density at radius 2 is 1.76 bits per heavy atom. The van der Waals surface area contributed by atoms with Crippen molar-refractivity contribution in [3.8, 4) is 5.69 Å². The molecular formula is C16H21N3O2. The highest BCUT2D eigenvalue weighted by molar-refractivity contribution is 5.32. The van der Waals surface area contributed by atoms with E-state index in [0.29, 0.717) is 5.69 Å². The highest BCUT2D eigenvalue weighted by Gasteiger charge is 2.31. The second-order valence-electron chi connectivity index (χ2n) is 5.74. The molecule has 0 amide bonds. The molecule has 2 unspecified atom stereocenters. The maximum absolute atomic E-state index is 10.5. The molecule has 1 aromatic heterocycles. The maximum atomic E-state index is 10.5. The van der Waals surface area contributed by atoms with E-state index in [9.17, 15) is 10.2 Å². The molecule has 0 radical (unpaired) electrons. The van der Waals surface area contributed by atoms with Gasteiger partial charge in [0.2, 0.25) is 0 Å². The van der Waals surface area contributed by atoms with E-state index < -0.39 is 12.2 Å². The molecular weight excluding hydrogens is 266 g/mol. The highest BCUT2D eigenvalue weighted by atomic mass is 16.3. The molecule has 5 nitrogen and oxygen atoms in total. The quantitative estimate of drug-likeness (QED) is 0.904. The van der Waals surface area contributed by atoms with Gasteiger partial charge in [0.1, 0.15) is 6.10 Å². The van der Waals surface area contributed by atoms with Crippen LogP contribution in [0.3, 0.4) is 0 Å². The van der Waals surface area contributed by atoms with Gasteiger partial charge in [0.15, 0.2) is 0 Å². The van der Waals surface area contributed by atoms with Crippen molar-refractivity contribution in [2.75, 3.05) is 0 Å². The molecule has 1 saturated carbocycles. The summed E-state index contributed by atoms with van der Waals surface area (Å²) >= 11 is 0. The summed E-state index contributed by atoms with van der Waals surface area (Å²) in [5.74, 6) is 0.160. The van der Waals surface area contributed by atoms with E-state index in [1.807, 2.05) is 30.3 Å². The molecule has 1 fully saturated rings. The van der Waals surface area contributed by atoms with Crippen molar-refractivity contribution in [1.29, 1.82) is 0 Å². The van der Waals surface area contributed by atoms with Crippen molar-refractivity contribution in [1.82, 2.24) is 15.0 Å². The molecule has 1 aliphatic rings. The van der Waals surface area contributed by atoms with E-state index in [1.165, 1.54) is 12.6 Å². The summed E-state index contributed by atoms with van der Waals surface area (Å²) in [6.45, 7) is 0. The van der Waals surface area contributed by atoms with Gasteiger partial charge in [-0.1, -0.05) is 42.7 Å². The lowest BCUT2D eigenvalue weighted by Gasteiger charge is -2.29. The Morgan fingerprint density at radius 3 is 2.48 bits per heavy atom. The lowest BCUT2D eigenvalue weighted by molar-refractivity contribution is -0.0316. The average molecular weight is 287 g/mol. The zero-order chi connectivity index (χ0) is 14.7. The number of hydrogen-bond donors (Lipinski definition) is 2. The van der Waals surface area contributed by atoms with Crippen LogP contribution in [0.5, 0.6) is 0 Å². The van der Waals surface area contributed by atoms with E-state index in [-0.39, 0.29) is 5.92 Å². The van der Waals surface area contributed by atoms with Gasteiger partial charge in [-0.15, -0.1) is 5.10 Å². The van der Waals surface area contributed by atoms with Gasteiger partial charge in [0, 0.05) is 0 Å². The van der Waals surface area contributed by atoms with Crippen molar-refractivity contribution in [2.45, 2.75) is 44.3 Å². The standard InChI is InChI=1S/C16H21N3O2/c20-15(12-7-3-1-4-8-12)16(21)14-11-17-18-19(14)13-9-5-2-6-10-13/h2,5-6,9-12,15-16,20-21H,1,3-4,7-8H2. The lowest BCUT2D eigenvalue weighted by atomic mass is 9.83. The summed E-state index contributed by atoms with van der Waals surface area (Å²) in [6, 6.07) is 9.54. The van der Waals surface area contributed by atoms with Crippen LogP contribution in [-0.2, 0) is 0 Å². The predicted molar refractivity (Wildman–Crippen MR) is 78.9 cm³/mol. The molecule has 1 aliphatic carbocycles. The number of para-hydroxylation sites is 1. The molecule has 1 aromatic carbocycles. The van der Waals surface area contributed by atoms with Gasteiger partial charge >= 0.3 is 0 Å². The molecule has 0 spiro atoms. The SMILES string of the molecule is OC(c1cnnn1-c1ccccc1)C(O)C1CCCCC1. The zero-order valence-corrected chi connectivity index (χ0v) is 12.0. The fourth-order valence-corrected chi connectivity index (χ4v) is 3.12. The third kappa shape index (κ3) is 2.99. The van der Waals surface area contributed by atoms with Crippen LogP contribution in [0.15, 0.2) is 36.5 Å². The molecule has 21 heavy (non-hydrogen) atoms.